The molecule has 144 valence electrons. The summed E-state index contributed by atoms with van der Waals surface area (Å²) < 4.78 is 7.47. The second-order valence-electron chi connectivity index (χ2n) is 6.19. The molecule has 8 heteroatoms. The van der Waals surface area contributed by atoms with Gasteiger partial charge < -0.3 is 10.1 Å². The fourth-order valence-electron chi connectivity index (χ4n) is 2.54. The molecule has 0 saturated heterocycles. The first-order valence-corrected chi connectivity index (χ1v) is 9.40. The van der Waals surface area contributed by atoms with Crippen LogP contribution in [0.2, 0.25) is 0 Å². The zero-order valence-corrected chi connectivity index (χ0v) is 16.7. The lowest BCUT2D eigenvalue weighted by Gasteiger charge is -2.07. The third-order valence-electron chi connectivity index (χ3n) is 3.96. The summed E-state index contributed by atoms with van der Waals surface area (Å²) in [6.45, 7) is 1.94. The van der Waals surface area contributed by atoms with E-state index in [1.807, 2.05) is 13.0 Å². The van der Waals surface area contributed by atoms with Gasteiger partial charge in [-0.1, -0.05) is 22.0 Å². The maximum Gasteiger partial charge on any atom is 0.307 e. The van der Waals surface area contributed by atoms with Crippen molar-refractivity contribution in [3.8, 4) is 0 Å². The van der Waals surface area contributed by atoms with Gasteiger partial charge in [-0.3, -0.25) is 18.8 Å². The Morgan fingerprint density at radius 2 is 1.93 bits per heavy atom. The molecule has 0 spiro atoms. The highest BCUT2D eigenvalue weighted by Crippen LogP contribution is 2.10. The van der Waals surface area contributed by atoms with Gasteiger partial charge in [0.2, 0.25) is 0 Å². The second-order valence-corrected chi connectivity index (χ2v) is 7.11. The number of halogens is 1. The van der Waals surface area contributed by atoms with Crippen molar-refractivity contribution in [2.45, 2.75) is 20.0 Å². The third-order valence-corrected chi connectivity index (χ3v) is 4.49. The van der Waals surface area contributed by atoms with Crippen molar-refractivity contribution in [3.05, 3.63) is 80.3 Å². The highest BCUT2D eigenvalue weighted by Gasteiger charge is 2.09. The van der Waals surface area contributed by atoms with E-state index in [0.29, 0.717) is 16.9 Å². The lowest BCUT2D eigenvalue weighted by atomic mass is 10.2. The van der Waals surface area contributed by atoms with Gasteiger partial charge in [-0.25, -0.2) is 4.98 Å². The number of nitrogens with one attached hydrogen (secondary N) is 1. The number of aromatic nitrogens is 2. The summed E-state index contributed by atoms with van der Waals surface area (Å²) in [6.07, 6.45) is 1.72. The number of hydrogen-bond acceptors (Lipinski definition) is 5. The standard InChI is InChI=1S/C20H18BrN3O4/c1-13-2-7-17-23-16(10-18(25)24(17)11-13)12-28-19(26)8-9-22-20(27)14-3-5-15(21)6-4-14/h2-7,10-11H,8-9,12H2,1H3,(H,22,27). The van der Waals surface area contributed by atoms with Gasteiger partial charge in [0.15, 0.2) is 0 Å². The van der Waals surface area contributed by atoms with E-state index in [4.69, 9.17) is 4.74 Å². The van der Waals surface area contributed by atoms with Gasteiger partial charge in [0.05, 0.1) is 12.1 Å². The average molecular weight is 444 g/mol. The Labute approximate surface area is 169 Å². The number of benzene rings is 1. The summed E-state index contributed by atoms with van der Waals surface area (Å²) >= 11 is 3.30. The van der Waals surface area contributed by atoms with Crippen LogP contribution < -0.4 is 10.9 Å². The van der Waals surface area contributed by atoms with Gasteiger partial charge in [-0.2, -0.15) is 0 Å². The number of rotatable bonds is 6. The minimum Gasteiger partial charge on any atom is -0.459 e. The topological polar surface area (TPSA) is 89.8 Å². The maximum absolute atomic E-state index is 12.1. The number of ether oxygens (including phenoxy) is 1. The molecule has 7 nitrogen and oxygen atoms in total. The maximum atomic E-state index is 12.1. The van der Waals surface area contributed by atoms with Crippen LogP contribution in [0.15, 0.2) is 57.9 Å². The molecule has 3 rings (SSSR count). The van der Waals surface area contributed by atoms with Gasteiger partial charge in [0, 0.05) is 28.8 Å². The predicted molar refractivity (Wildman–Crippen MR) is 107 cm³/mol. The second kappa shape index (κ2) is 8.79. The van der Waals surface area contributed by atoms with E-state index in [-0.39, 0.29) is 31.0 Å². The molecule has 0 fully saturated rings. The molecule has 0 aliphatic rings. The number of esters is 1. The Morgan fingerprint density at radius 1 is 1.18 bits per heavy atom. The molecule has 1 amide bonds. The largest absolute Gasteiger partial charge is 0.459 e. The predicted octanol–water partition coefficient (Wildman–Crippen LogP) is 2.63. The Kier molecular flexibility index (Phi) is 6.20. The average Bonchev–Trinajstić information content (AvgIpc) is 2.67. The van der Waals surface area contributed by atoms with Crippen LogP contribution in [-0.4, -0.2) is 27.8 Å². The molecule has 2 heterocycles. The summed E-state index contributed by atoms with van der Waals surface area (Å²) in [4.78, 5) is 40.3. The molecule has 0 unspecified atom stereocenters. The van der Waals surface area contributed by atoms with Crippen LogP contribution in [0.5, 0.6) is 0 Å². The molecule has 2 aromatic heterocycles. The van der Waals surface area contributed by atoms with Gasteiger partial charge >= 0.3 is 5.97 Å². The van der Waals surface area contributed by atoms with E-state index in [0.717, 1.165) is 10.0 Å². The summed E-state index contributed by atoms with van der Waals surface area (Å²) in [5.74, 6) is -0.748. The van der Waals surface area contributed by atoms with Crippen LogP contribution in [0.25, 0.3) is 5.65 Å². The van der Waals surface area contributed by atoms with E-state index in [2.05, 4.69) is 26.2 Å². The number of aryl methyl sites for hydroxylation is 1. The number of nitrogens with zero attached hydrogens (tertiary/aromatic N) is 2. The van der Waals surface area contributed by atoms with E-state index in [1.165, 1.54) is 10.5 Å². The third kappa shape index (κ3) is 5.04. The first-order chi connectivity index (χ1) is 13.4. The summed E-state index contributed by atoms with van der Waals surface area (Å²) in [6, 6.07) is 11.8. The molecule has 0 atom stereocenters. The quantitative estimate of drug-likeness (QED) is 0.591. The fraction of sp³-hybridized carbons (Fsp3) is 0.200. The van der Waals surface area contributed by atoms with Crippen molar-refractivity contribution in [1.82, 2.24) is 14.7 Å². The monoisotopic (exact) mass is 443 g/mol. The van der Waals surface area contributed by atoms with Gasteiger partial charge in [0.25, 0.3) is 11.5 Å². The highest BCUT2D eigenvalue weighted by atomic mass is 79.9. The smallest absolute Gasteiger partial charge is 0.307 e. The van der Waals surface area contributed by atoms with Crippen molar-refractivity contribution in [1.29, 1.82) is 0 Å². The Hall–Kier alpha value is -3.00. The molecule has 0 saturated carbocycles. The molecule has 3 aromatic rings. The molecule has 1 N–H and O–H groups in total. The molecule has 0 aliphatic carbocycles. The van der Waals surface area contributed by atoms with Gasteiger partial charge in [-0.15, -0.1) is 0 Å². The number of carbonyl (C=O) groups is 2. The Bertz CT molecular complexity index is 1080. The van der Waals surface area contributed by atoms with Crippen LogP contribution in [0.3, 0.4) is 0 Å². The lowest BCUT2D eigenvalue weighted by Crippen LogP contribution is -2.26. The molecule has 0 aliphatic heterocycles. The van der Waals surface area contributed by atoms with E-state index < -0.39 is 5.97 Å². The van der Waals surface area contributed by atoms with Gasteiger partial charge in [0.1, 0.15) is 12.3 Å². The first-order valence-electron chi connectivity index (χ1n) is 8.61. The van der Waals surface area contributed by atoms with Crippen molar-refractivity contribution in [3.63, 3.8) is 0 Å². The van der Waals surface area contributed by atoms with Crippen LogP contribution in [-0.2, 0) is 16.1 Å². The number of hydrogen-bond donors (Lipinski definition) is 1. The minimum atomic E-state index is -0.484. The van der Waals surface area contributed by atoms with Crippen molar-refractivity contribution < 1.29 is 14.3 Å². The zero-order chi connectivity index (χ0) is 20.1. The van der Waals surface area contributed by atoms with Crippen molar-refractivity contribution >= 4 is 33.5 Å². The number of fused-ring (bicyclic) bond motifs is 1. The lowest BCUT2D eigenvalue weighted by molar-refractivity contribution is -0.144. The van der Waals surface area contributed by atoms with Crippen LogP contribution in [0.1, 0.15) is 28.0 Å². The molecule has 1 aromatic carbocycles. The summed E-state index contributed by atoms with van der Waals surface area (Å²) in [7, 11) is 0. The van der Waals surface area contributed by atoms with Crippen LogP contribution in [0, 0.1) is 6.92 Å². The first kappa shape index (κ1) is 19.8. The van der Waals surface area contributed by atoms with Crippen molar-refractivity contribution in [2.24, 2.45) is 0 Å². The molecule has 0 radical (unpaired) electrons. The zero-order valence-electron chi connectivity index (χ0n) is 15.1. The SMILES string of the molecule is Cc1ccc2nc(COC(=O)CCNC(=O)c3ccc(Br)cc3)cc(=O)n2c1. The molecule has 28 heavy (non-hydrogen) atoms. The Morgan fingerprint density at radius 3 is 2.68 bits per heavy atom. The molecular formula is C20H18BrN3O4. The van der Waals surface area contributed by atoms with Crippen molar-refractivity contribution in [2.75, 3.05) is 6.54 Å². The van der Waals surface area contributed by atoms with Gasteiger partial charge in [-0.05, 0) is 42.8 Å². The normalized spacial score (nSPS) is 10.6. The summed E-state index contributed by atoms with van der Waals surface area (Å²) in [5, 5.41) is 2.66. The molecule has 0 bridgehead atoms. The van der Waals surface area contributed by atoms with E-state index >= 15 is 0 Å². The van der Waals surface area contributed by atoms with E-state index in [1.54, 1.807) is 36.5 Å². The molecular weight excluding hydrogens is 426 g/mol. The van der Waals surface area contributed by atoms with E-state index in [9.17, 15) is 14.4 Å². The highest BCUT2D eigenvalue weighted by molar-refractivity contribution is 9.10. The number of amides is 1. The number of pyridine rings is 1. The summed E-state index contributed by atoms with van der Waals surface area (Å²) in [5.41, 5.74) is 2.09. The Balaban J connectivity index is 1.50. The van der Waals surface area contributed by atoms with Crippen LogP contribution >= 0.6 is 15.9 Å². The number of carbonyl (C=O) groups excluding carboxylic acids is 2. The van der Waals surface area contributed by atoms with Crippen LogP contribution in [0.4, 0.5) is 0 Å². The minimum absolute atomic E-state index is 0.0219. The fourth-order valence-corrected chi connectivity index (χ4v) is 2.80.